The first-order valence-corrected chi connectivity index (χ1v) is 12.1. The second-order valence-electron chi connectivity index (χ2n) is 7.23. The van der Waals surface area contributed by atoms with Crippen LogP contribution in [0.15, 0.2) is 30.3 Å². The van der Waals surface area contributed by atoms with Gasteiger partial charge in [-0.1, -0.05) is 11.6 Å². The van der Waals surface area contributed by atoms with E-state index in [2.05, 4.69) is 16.0 Å². The zero-order valence-electron chi connectivity index (χ0n) is 17.1. The molecule has 33 heavy (non-hydrogen) atoms. The summed E-state index contributed by atoms with van der Waals surface area (Å²) in [5.41, 5.74) is -0.838. The van der Waals surface area contributed by atoms with Crippen molar-refractivity contribution in [3.05, 3.63) is 52.6 Å². The van der Waals surface area contributed by atoms with Gasteiger partial charge in [0.1, 0.15) is 15.8 Å². The van der Waals surface area contributed by atoms with E-state index >= 15 is 0 Å². The molecule has 3 N–H and O–H groups in total. The van der Waals surface area contributed by atoms with Crippen LogP contribution in [0.4, 0.5) is 25.8 Å². The van der Waals surface area contributed by atoms with Gasteiger partial charge in [-0.3, -0.25) is 14.4 Å². The van der Waals surface area contributed by atoms with Gasteiger partial charge in [-0.05, 0) is 43.0 Å². The van der Waals surface area contributed by atoms with E-state index in [1.807, 2.05) is 0 Å². The molecule has 0 aromatic heterocycles. The number of amides is 3. The summed E-state index contributed by atoms with van der Waals surface area (Å²) in [6, 6.07) is 6.10. The molecule has 1 atom stereocenters. The third-order valence-electron chi connectivity index (χ3n) is 4.76. The summed E-state index contributed by atoms with van der Waals surface area (Å²) in [5.74, 6) is -4.01. The van der Waals surface area contributed by atoms with Gasteiger partial charge in [0, 0.05) is 17.9 Å². The number of anilines is 3. The van der Waals surface area contributed by atoms with E-state index in [1.54, 1.807) is 6.26 Å². The van der Waals surface area contributed by atoms with Crippen molar-refractivity contribution in [1.82, 2.24) is 0 Å². The van der Waals surface area contributed by atoms with Gasteiger partial charge in [-0.15, -0.1) is 23.2 Å². The molecule has 0 spiro atoms. The highest BCUT2D eigenvalue weighted by Gasteiger charge is 2.56. The SMILES string of the molecule is CSCCC(=O)Nc1c(F)ccc(NC(=O)c2cc(NC(=O)C3CC3(Cl)Cl)ccc2Cl)c1F. The highest BCUT2D eigenvalue weighted by atomic mass is 35.5. The molecule has 0 heterocycles. The molecule has 1 aliphatic rings. The van der Waals surface area contributed by atoms with Crippen LogP contribution in [0.5, 0.6) is 0 Å². The summed E-state index contributed by atoms with van der Waals surface area (Å²) in [6.45, 7) is 0. The first kappa shape index (κ1) is 25.6. The molecule has 1 unspecified atom stereocenters. The molecule has 3 rings (SSSR count). The highest BCUT2D eigenvalue weighted by molar-refractivity contribution is 7.98. The van der Waals surface area contributed by atoms with Gasteiger partial charge >= 0.3 is 0 Å². The molecule has 6 nitrogen and oxygen atoms in total. The number of hydrogen-bond donors (Lipinski definition) is 3. The van der Waals surface area contributed by atoms with Crippen LogP contribution in [0.2, 0.25) is 5.02 Å². The number of nitrogens with one attached hydrogen (secondary N) is 3. The lowest BCUT2D eigenvalue weighted by molar-refractivity contribution is -0.117. The lowest BCUT2D eigenvalue weighted by atomic mass is 10.1. The van der Waals surface area contributed by atoms with Crippen molar-refractivity contribution in [2.24, 2.45) is 5.92 Å². The number of rotatable bonds is 8. The third kappa shape index (κ3) is 6.29. The Labute approximate surface area is 207 Å². The quantitative estimate of drug-likeness (QED) is 0.378. The lowest BCUT2D eigenvalue weighted by Crippen LogP contribution is -2.19. The zero-order chi connectivity index (χ0) is 24.3. The number of alkyl halides is 2. The van der Waals surface area contributed by atoms with Crippen LogP contribution >= 0.6 is 46.6 Å². The number of carbonyl (C=O) groups excluding carboxylic acids is 3. The highest BCUT2D eigenvalue weighted by Crippen LogP contribution is 2.53. The molecule has 12 heteroatoms. The summed E-state index contributed by atoms with van der Waals surface area (Å²) in [6.07, 6.45) is 2.17. The largest absolute Gasteiger partial charge is 0.326 e. The summed E-state index contributed by atoms with van der Waals surface area (Å²) < 4.78 is 27.8. The fraction of sp³-hybridized carbons (Fsp3) is 0.286. The normalized spacial score (nSPS) is 16.1. The van der Waals surface area contributed by atoms with E-state index in [0.29, 0.717) is 12.2 Å². The van der Waals surface area contributed by atoms with Gasteiger partial charge in [0.05, 0.1) is 22.2 Å². The van der Waals surface area contributed by atoms with Crippen LogP contribution in [-0.2, 0) is 9.59 Å². The van der Waals surface area contributed by atoms with Crippen LogP contribution in [-0.4, -0.2) is 34.1 Å². The summed E-state index contributed by atoms with van der Waals surface area (Å²) in [5, 5.41) is 7.12. The average Bonchev–Trinajstić information content (AvgIpc) is 3.41. The minimum atomic E-state index is -1.14. The van der Waals surface area contributed by atoms with Crippen molar-refractivity contribution >= 4 is 81.3 Å². The zero-order valence-corrected chi connectivity index (χ0v) is 20.2. The average molecular weight is 537 g/mol. The molecule has 1 fully saturated rings. The molecule has 1 aliphatic carbocycles. The van der Waals surface area contributed by atoms with Crippen molar-refractivity contribution in [2.45, 2.75) is 17.2 Å². The monoisotopic (exact) mass is 535 g/mol. The standard InChI is InChI=1S/C21H18Cl3F2N3O3S/c1-33-7-6-16(30)29-18-14(25)4-5-15(17(18)26)28-19(31)11-8-10(2-3-13(11)22)27-20(32)12-9-21(12,23)24/h2-5,8,12H,6-7,9H2,1H3,(H,27,32)(H,28,31)(H,29,30). The molecule has 2 aromatic rings. The Bertz CT molecular complexity index is 1120. The fourth-order valence-electron chi connectivity index (χ4n) is 2.85. The van der Waals surface area contributed by atoms with Gasteiger partial charge in [0.25, 0.3) is 5.91 Å². The molecular weight excluding hydrogens is 519 g/mol. The predicted molar refractivity (Wildman–Crippen MR) is 129 cm³/mol. The maximum Gasteiger partial charge on any atom is 0.257 e. The Morgan fingerprint density at radius 1 is 1.12 bits per heavy atom. The van der Waals surface area contributed by atoms with Gasteiger partial charge in [-0.2, -0.15) is 11.8 Å². The van der Waals surface area contributed by atoms with Crippen molar-refractivity contribution in [2.75, 3.05) is 28.0 Å². The summed E-state index contributed by atoms with van der Waals surface area (Å²) >= 11 is 19.3. The molecule has 3 amide bonds. The van der Waals surface area contributed by atoms with Crippen molar-refractivity contribution < 1.29 is 23.2 Å². The Balaban J connectivity index is 1.76. The van der Waals surface area contributed by atoms with E-state index < -0.39 is 45.3 Å². The summed E-state index contributed by atoms with van der Waals surface area (Å²) in [4.78, 5) is 36.8. The number of thioether (sulfide) groups is 1. The van der Waals surface area contributed by atoms with E-state index in [4.69, 9.17) is 34.8 Å². The second kappa shape index (κ2) is 10.5. The number of benzene rings is 2. The molecule has 1 saturated carbocycles. The lowest BCUT2D eigenvalue weighted by Gasteiger charge is -2.13. The molecular formula is C21H18Cl3F2N3O3S. The topological polar surface area (TPSA) is 87.3 Å². The van der Waals surface area contributed by atoms with Crippen LogP contribution in [0, 0.1) is 17.6 Å². The number of halogens is 5. The second-order valence-corrected chi connectivity index (χ2v) is 10.2. The van der Waals surface area contributed by atoms with E-state index in [1.165, 1.54) is 30.0 Å². The minimum absolute atomic E-state index is 0.0362. The van der Waals surface area contributed by atoms with Gasteiger partial charge in [-0.25, -0.2) is 8.78 Å². The van der Waals surface area contributed by atoms with Gasteiger partial charge in [0.2, 0.25) is 11.8 Å². The Kier molecular flexibility index (Phi) is 8.10. The first-order chi connectivity index (χ1) is 15.5. The maximum atomic E-state index is 14.8. The van der Waals surface area contributed by atoms with E-state index in [9.17, 15) is 23.2 Å². The Morgan fingerprint density at radius 2 is 1.82 bits per heavy atom. The van der Waals surface area contributed by atoms with Gasteiger partial charge < -0.3 is 16.0 Å². The maximum absolute atomic E-state index is 14.8. The minimum Gasteiger partial charge on any atom is -0.326 e. The smallest absolute Gasteiger partial charge is 0.257 e. The van der Waals surface area contributed by atoms with E-state index in [-0.39, 0.29) is 28.4 Å². The summed E-state index contributed by atoms with van der Waals surface area (Å²) in [7, 11) is 0. The first-order valence-electron chi connectivity index (χ1n) is 9.60. The van der Waals surface area contributed by atoms with Crippen LogP contribution < -0.4 is 16.0 Å². The predicted octanol–water partition coefficient (Wildman–Crippen LogP) is 5.69. The van der Waals surface area contributed by atoms with Crippen LogP contribution in [0.25, 0.3) is 0 Å². The number of carbonyl (C=O) groups is 3. The fourth-order valence-corrected chi connectivity index (χ4v) is 3.95. The Hall–Kier alpha value is -2.07. The third-order valence-corrected chi connectivity index (χ3v) is 6.54. The van der Waals surface area contributed by atoms with E-state index in [0.717, 1.165) is 12.1 Å². The van der Waals surface area contributed by atoms with Crippen molar-refractivity contribution in [3.63, 3.8) is 0 Å². The van der Waals surface area contributed by atoms with Crippen molar-refractivity contribution in [3.8, 4) is 0 Å². The molecule has 0 aliphatic heterocycles. The van der Waals surface area contributed by atoms with Crippen LogP contribution in [0.3, 0.4) is 0 Å². The van der Waals surface area contributed by atoms with Crippen LogP contribution in [0.1, 0.15) is 23.2 Å². The number of hydrogen-bond acceptors (Lipinski definition) is 4. The molecule has 0 bridgehead atoms. The Morgan fingerprint density at radius 3 is 2.45 bits per heavy atom. The molecule has 2 aromatic carbocycles. The van der Waals surface area contributed by atoms with Crippen molar-refractivity contribution in [1.29, 1.82) is 0 Å². The molecule has 0 saturated heterocycles. The molecule has 0 radical (unpaired) electrons. The van der Waals surface area contributed by atoms with Gasteiger partial charge in [0.15, 0.2) is 5.82 Å². The molecule has 176 valence electrons.